The normalized spacial score (nSPS) is 19.0. The number of nitrogens with one attached hydrogen (secondary N) is 1. The predicted molar refractivity (Wildman–Crippen MR) is 97.2 cm³/mol. The highest BCUT2D eigenvalue weighted by Gasteiger charge is 2.34. The van der Waals surface area contributed by atoms with Crippen LogP contribution < -0.4 is 10.2 Å². The third-order valence-electron chi connectivity index (χ3n) is 5.30. The molecule has 1 aromatic carbocycles. The van der Waals surface area contributed by atoms with Gasteiger partial charge < -0.3 is 10.2 Å². The first-order valence-corrected chi connectivity index (χ1v) is 9.36. The van der Waals surface area contributed by atoms with E-state index in [9.17, 15) is 28.1 Å². The molecule has 1 amide bonds. The average molecular weight is 400 g/mol. The van der Waals surface area contributed by atoms with Gasteiger partial charge in [0.05, 0.1) is 17.0 Å². The molecule has 28 heavy (non-hydrogen) atoms. The summed E-state index contributed by atoms with van der Waals surface area (Å²) in [5.41, 5.74) is -1.42. The van der Waals surface area contributed by atoms with Crippen LogP contribution in [-0.4, -0.2) is 54.5 Å². The number of benzene rings is 1. The Kier molecular flexibility index (Phi) is 6.07. The van der Waals surface area contributed by atoms with Crippen molar-refractivity contribution in [3.05, 3.63) is 33.9 Å². The van der Waals surface area contributed by atoms with Crippen molar-refractivity contribution in [2.75, 3.05) is 37.6 Å². The summed E-state index contributed by atoms with van der Waals surface area (Å²) < 4.78 is 38.5. The molecule has 0 radical (unpaired) electrons. The maximum absolute atomic E-state index is 12.8. The van der Waals surface area contributed by atoms with E-state index in [0.717, 1.165) is 37.8 Å². The Morgan fingerprint density at radius 1 is 1.18 bits per heavy atom. The third kappa shape index (κ3) is 4.92. The predicted octanol–water partition coefficient (Wildman–Crippen LogP) is 2.79. The molecule has 0 aromatic heterocycles. The van der Waals surface area contributed by atoms with Crippen molar-refractivity contribution in [2.24, 2.45) is 0 Å². The quantitative estimate of drug-likeness (QED) is 0.607. The molecule has 7 nitrogen and oxygen atoms in total. The fourth-order valence-electron chi connectivity index (χ4n) is 3.81. The van der Waals surface area contributed by atoms with Crippen LogP contribution in [0, 0.1) is 10.1 Å². The molecule has 10 heteroatoms. The Labute approximate surface area is 160 Å². The lowest BCUT2D eigenvalue weighted by atomic mass is 10.1. The van der Waals surface area contributed by atoms with Gasteiger partial charge in [0.1, 0.15) is 5.69 Å². The van der Waals surface area contributed by atoms with E-state index < -0.39 is 22.4 Å². The van der Waals surface area contributed by atoms with E-state index in [0.29, 0.717) is 32.2 Å². The number of halogens is 3. The molecular formula is C18H23F3N4O3. The molecule has 2 aliphatic rings. The number of nitro groups is 1. The summed E-state index contributed by atoms with van der Waals surface area (Å²) in [5.74, 6) is -0.0270. The highest BCUT2D eigenvalue weighted by Crippen LogP contribution is 2.36. The van der Waals surface area contributed by atoms with E-state index in [1.807, 2.05) is 4.90 Å². The number of carbonyl (C=O) groups excluding carboxylic acids is 1. The molecule has 1 aliphatic carbocycles. The summed E-state index contributed by atoms with van der Waals surface area (Å²) >= 11 is 0. The summed E-state index contributed by atoms with van der Waals surface area (Å²) in [6, 6.07) is 2.85. The van der Waals surface area contributed by atoms with E-state index >= 15 is 0 Å². The maximum Gasteiger partial charge on any atom is 0.416 e. The third-order valence-corrected chi connectivity index (χ3v) is 5.30. The molecule has 1 aliphatic heterocycles. The van der Waals surface area contributed by atoms with Gasteiger partial charge in [0.25, 0.3) is 5.69 Å². The Bertz CT molecular complexity index is 727. The Balaban J connectivity index is 1.59. The van der Waals surface area contributed by atoms with Gasteiger partial charge in [-0.05, 0) is 25.0 Å². The number of hydrogen-bond donors (Lipinski definition) is 1. The summed E-state index contributed by atoms with van der Waals surface area (Å²) in [6.07, 6.45) is -0.339. The van der Waals surface area contributed by atoms with E-state index in [1.54, 1.807) is 4.90 Å². The zero-order valence-corrected chi connectivity index (χ0v) is 15.4. The second-order valence-corrected chi connectivity index (χ2v) is 7.27. The second-order valence-electron chi connectivity index (χ2n) is 7.27. The zero-order chi connectivity index (χ0) is 20.3. The molecule has 1 saturated heterocycles. The Morgan fingerprint density at radius 3 is 2.39 bits per heavy atom. The summed E-state index contributed by atoms with van der Waals surface area (Å²) in [6.45, 7) is 2.10. The topological polar surface area (TPSA) is 78.7 Å². The van der Waals surface area contributed by atoms with Gasteiger partial charge in [-0.2, -0.15) is 13.2 Å². The van der Waals surface area contributed by atoms with Crippen molar-refractivity contribution < 1.29 is 22.9 Å². The summed E-state index contributed by atoms with van der Waals surface area (Å²) in [4.78, 5) is 26.3. The van der Waals surface area contributed by atoms with Gasteiger partial charge in [0.2, 0.25) is 5.91 Å². The molecule has 0 unspecified atom stereocenters. The minimum Gasteiger partial charge on any atom is -0.363 e. The number of nitro benzene ring substituents is 1. The SMILES string of the molecule is O=C(CN1CCN(c2ccc(C(F)(F)F)cc2[N+](=O)[O-])CC1)NC1CCCC1. The lowest BCUT2D eigenvalue weighted by Crippen LogP contribution is -2.50. The van der Waals surface area contributed by atoms with Crippen LogP contribution in [0.3, 0.4) is 0 Å². The lowest BCUT2D eigenvalue weighted by Gasteiger charge is -2.35. The van der Waals surface area contributed by atoms with Crippen molar-refractivity contribution in [1.29, 1.82) is 0 Å². The number of hydrogen-bond acceptors (Lipinski definition) is 5. The first-order valence-electron chi connectivity index (χ1n) is 9.36. The molecule has 1 heterocycles. The average Bonchev–Trinajstić information content (AvgIpc) is 3.14. The number of amides is 1. The monoisotopic (exact) mass is 400 g/mol. The Hall–Kier alpha value is -2.36. The van der Waals surface area contributed by atoms with Gasteiger partial charge in [-0.15, -0.1) is 0 Å². The van der Waals surface area contributed by atoms with Gasteiger partial charge in [0.15, 0.2) is 0 Å². The van der Waals surface area contributed by atoms with Crippen LogP contribution in [0.25, 0.3) is 0 Å². The molecule has 1 N–H and O–H groups in total. The van der Waals surface area contributed by atoms with Gasteiger partial charge in [0, 0.05) is 38.3 Å². The van der Waals surface area contributed by atoms with Crippen molar-refractivity contribution >= 4 is 17.3 Å². The van der Waals surface area contributed by atoms with Crippen LogP contribution in [0.2, 0.25) is 0 Å². The van der Waals surface area contributed by atoms with Crippen LogP contribution in [-0.2, 0) is 11.0 Å². The van der Waals surface area contributed by atoms with Crippen molar-refractivity contribution in [3.8, 4) is 0 Å². The molecule has 1 aromatic rings. The van der Waals surface area contributed by atoms with Gasteiger partial charge in [-0.25, -0.2) is 0 Å². The van der Waals surface area contributed by atoms with Gasteiger partial charge >= 0.3 is 6.18 Å². The fraction of sp³-hybridized carbons (Fsp3) is 0.611. The number of piperazine rings is 1. The summed E-state index contributed by atoms with van der Waals surface area (Å²) in [5, 5.41) is 14.3. The Morgan fingerprint density at radius 2 is 1.82 bits per heavy atom. The van der Waals surface area contributed by atoms with Crippen molar-refractivity contribution in [2.45, 2.75) is 37.9 Å². The van der Waals surface area contributed by atoms with E-state index in [4.69, 9.17) is 0 Å². The molecule has 0 spiro atoms. The lowest BCUT2D eigenvalue weighted by molar-refractivity contribution is -0.384. The molecule has 2 fully saturated rings. The van der Waals surface area contributed by atoms with Gasteiger partial charge in [-0.3, -0.25) is 19.8 Å². The summed E-state index contributed by atoms with van der Waals surface area (Å²) in [7, 11) is 0. The van der Waals surface area contributed by atoms with Crippen LogP contribution in [0.15, 0.2) is 18.2 Å². The van der Waals surface area contributed by atoms with Crippen LogP contribution in [0.5, 0.6) is 0 Å². The molecular weight excluding hydrogens is 377 g/mol. The number of nitrogens with zero attached hydrogens (tertiary/aromatic N) is 3. The molecule has 0 atom stereocenters. The standard InChI is InChI=1S/C18H23F3N4O3/c19-18(20,21)13-5-6-15(16(11-13)25(27)28)24-9-7-23(8-10-24)12-17(26)22-14-3-1-2-4-14/h5-6,11,14H,1-4,7-10,12H2,(H,22,26). The highest BCUT2D eigenvalue weighted by atomic mass is 19.4. The molecule has 3 rings (SSSR count). The maximum atomic E-state index is 12.8. The fourth-order valence-corrected chi connectivity index (χ4v) is 3.81. The smallest absolute Gasteiger partial charge is 0.363 e. The van der Waals surface area contributed by atoms with Crippen molar-refractivity contribution in [3.63, 3.8) is 0 Å². The van der Waals surface area contributed by atoms with Crippen LogP contribution in [0.1, 0.15) is 31.2 Å². The van der Waals surface area contributed by atoms with Crippen LogP contribution in [0.4, 0.5) is 24.5 Å². The first-order chi connectivity index (χ1) is 13.2. The van der Waals surface area contributed by atoms with E-state index in [2.05, 4.69) is 5.32 Å². The van der Waals surface area contributed by atoms with Gasteiger partial charge in [-0.1, -0.05) is 12.8 Å². The van der Waals surface area contributed by atoms with Crippen molar-refractivity contribution in [1.82, 2.24) is 10.2 Å². The minimum absolute atomic E-state index is 0.0270. The second kappa shape index (κ2) is 8.34. The van der Waals surface area contributed by atoms with E-state index in [1.165, 1.54) is 0 Å². The number of anilines is 1. The molecule has 0 bridgehead atoms. The van der Waals surface area contributed by atoms with E-state index in [-0.39, 0.29) is 24.2 Å². The zero-order valence-electron chi connectivity index (χ0n) is 15.4. The largest absolute Gasteiger partial charge is 0.416 e. The minimum atomic E-state index is -4.63. The molecule has 154 valence electrons. The highest BCUT2D eigenvalue weighted by molar-refractivity contribution is 5.78. The first kappa shape index (κ1) is 20.4. The number of alkyl halides is 3. The van der Waals surface area contributed by atoms with Crippen LogP contribution >= 0.6 is 0 Å². The number of carbonyl (C=O) groups is 1. The number of rotatable bonds is 5. The molecule has 1 saturated carbocycles.